The molecule has 0 aromatic heterocycles. The Labute approximate surface area is 122 Å². The van der Waals surface area contributed by atoms with E-state index in [9.17, 15) is 14.6 Å². The van der Waals surface area contributed by atoms with Crippen LogP contribution in [0.3, 0.4) is 0 Å². The van der Waals surface area contributed by atoms with E-state index in [1.807, 2.05) is 4.90 Å². The van der Waals surface area contributed by atoms with Crippen LogP contribution >= 0.6 is 11.6 Å². The van der Waals surface area contributed by atoms with E-state index < -0.39 is 11.4 Å². The topological polar surface area (TPSA) is 52.9 Å². The van der Waals surface area contributed by atoms with E-state index in [2.05, 4.69) is 0 Å². The van der Waals surface area contributed by atoms with Gasteiger partial charge in [-0.2, -0.15) is 0 Å². The molecule has 2 rings (SSSR count). The smallest absolute Gasteiger partial charge is 0.173 e. The van der Waals surface area contributed by atoms with Gasteiger partial charge in [-0.1, -0.05) is 11.6 Å². The fourth-order valence-corrected chi connectivity index (χ4v) is 2.93. The molecule has 1 fully saturated rings. The lowest BCUT2D eigenvalue weighted by Gasteiger charge is -2.38. The van der Waals surface area contributed by atoms with Crippen LogP contribution in [0.25, 0.3) is 0 Å². The zero-order valence-corrected chi connectivity index (χ0v) is 12.2. The summed E-state index contributed by atoms with van der Waals surface area (Å²) in [7, 11) is 1.37. The second kappa shape index (κ2) is 6.26. The first-order valence-electron chi connectivity index (χ1n) is 6.55. The first kappa shape index (κ1) is 15.5. The maximum Gasteiger partial charge on any atom is 0.173 e. The fourth-order valence-electron chi connectivity index (χ4n) is 2.63. The van der Waals surface area contributed by atoms with Crippen molar-refractivity contribution < 1.29 is 19.3 Å². The van der Waals surface area contributed by atoms with Crippen LogP contribution < -0.4 is 4.74 Å². The van der Waals surface area contributed by atoms with Gasteiger partial charge in [0.15, 0.2) is 11.6 Å². The Morgan fingerprint density at radius 3 is 2.85 bits per heavy atom. The molecule has 0 radical (unpaired) electrons. The molecule has 6 heteroatoms. The van der Waals surface area contributed by atoms with Crippen molar-refractivity contribution in [2.45, 2.75) is 25.0 Å². The zero-order valence-electron chi connectivity index (χ0n) is 11.4. The van der Waals surface area contributed by atoms with Crippen molar-refractivity contribution in [1.82, 2.24) is 4.90 Å². The molecule has 0 bridgehead atoms. The number of β-amino-alcohol motifs (C(OH)–C–C–N with tert-alkyl or cyclic N) is 1. The molecule has 20 heavy (non-hydrogen) atoms. The highest BCUT2D eigenvalue weighted by molar-refractivity contribution is 6.32. The maximum absolute atomic E-state index is 13.8. The molecule has 0 aliphatic carbocycles. The third-order valence-corrected chi connectivity index (χ3v) is 3.88. The summed E-state index contributed by atoms with van der Waals surface area (Å²) in [5.74, 6) is -0.453. The number of methoxy groups -OCH3 is 1. The van der Waals surface area contributed by atoms with Crippen molar-refractivity contribution in [3.8, 4) is 5.75 Å². The van der Waals surface area contributed by atoms with Crippen molar-refractivity contribution in [2.75, 3.05) is 26.8 Å². The number of likely N-dealkylation sites (tertiary alicyclic amines) is 1. The quantitative estimate of drug-likeness (QED) is 0.891. The van der Waals surface area contributed by atoms with Crippen molar-refractivity contribution in [2.24, 2.45) is 0 Å². The Hall–Kier alpha value is -0.880. The summed E-state index contributed by atoms with van der Waals surface area (Å²) in [5.41, 5.74) is -0.344. The summed E-state index contributed by atoms with van der Waals surface area (Å²) < 4.78 is 18.6. The van der Waals surface area contributed by atoms with Gasteiger partial charge in [-0.25, -0.2) is 4.39 Å². The molecule has 1 aromatic rings. The van der Waals surface area contributed by atoms with Crippen LogP contribution in [-0.4, -0.2) is 47.5 Å². The third-order valence-electron chi connectivity index (χ3n) is 3.60. The molecule has 1 aromatic carbocycles. The van der Waals surface area contributed by atoms with Crippen molar-refractivity contribution in [3.63, 3.8) is 0 Å². The van der Waals surface area contributed by atoms with Gasteiger partial charge in [0.05, 0.1) is 18.7 Å². The van der Waals surface area contributed by atoms with E-state index >= 15 is 0 Å². The number of aliphatic hydroxyl groups is 2. The van der Waals surface area contributed by atoms with Crippen LogP contribution in [0.4, 0.5) is 4.39 Å². The highest BCUT2D eigenvalue weighted by Gasteiger charge is 2.32. The Kier molecular flexibility index (Phi) is 4.86. The lowest BCUT2D eigenvalue weighted by molar-refractivity contribution is -0.0687. The summed E-state index contributed by atoms with van der Waals surface area (Å²) in [5, 5.41) is 19.6. The van der Waals surface area contributed by atoms with Gasteiger partial charge < -0.3 is 14.9 Å². The van der Waals surface area contributed by atoms with E-state index in [4.69, 9.17) is 16.3 Å². The molecular formula is C14H19ClFNO3. The number of hydrogen-bond donors (Lipinski definition) is 2. The first-order chi connectivity index (χ1) is 9.47. The molecule has 112 valence electrons. The van der Waals surface area contributed by atoms with Gasteiger partial charge in [0.2, 0.25) is 0 Å². The second-order valence-corrected chi connectivity index (χ2v) is 5.70. The second-order valence-electron chi connectivity index (χ2n) is 5.29. The van der Waals surface area contributed by atoms with Crippen LogP contribution in [0.15, 0.2) is 12.1 Å². The lowest BCUT2D eigenvalue weighted by Crippen LogP contribution is -2.50. The molecular weight excluding hydrogens is 285 g/mol. The highest BCUT2D eigenvalue weighted by atomic mass is 35.5. The van der Waals surface area contributed by atoms with Crippen LogP contribution in [0, 0.1) is 5.82 Å². The summed E-state index contributed by atoms with van der Waals surface area (Å²) in [6.45, 7) is 1.38. The Morgan fingerprint density at radius 1 is 1.50 bits per heavy atom. The maximum atomic E-state index is 13.8. The number of hydrogen-bond acceptors (Lipinski definition) is 4. The molecule has 0 unspecified atom stereocenters. The molecule has 4 nitrogen and oxygen atoms in total. The first-order valence-corrected chi connectivity index (χ1v) is 6.93. The number of nitrogens with zero attached hydrogens (tertiary/aromatic N) is 1. The van der Waals surface area contributed by atoms with Gasteiger partial charge in [0.1, 0.15) is 5.60 Å². The molecule has 0 spiro atoms. The van der Waals surface area contributed by atoms with Gasteiger partial charge in [0, 0.05) is 13.1 Å². The van der Waals surface area contributed by atoms with Gasteiger partial charge >= 0.3 is 0 Å². The molecule has 1 heterocycles. The molecule has 1 atom stereocenters. The Morgan fingerprint density at radius 2 is 2.25 bits per heavy atom. The van der Waals surface area contributed by atoms with E-state index in [1.165, 1.54) is 13.2 Å². The number of aliphatic hydroxyl groups excluding tert-OH is 1. The minimum absolute atomic E-state index is 0.0425. The SMILES string of the molecule is COc1c(F)cc(CN2CCC[C@](O)(CO)C2)cc1Cl. The minimum atomic E-state index is -1.06. The van der Waals surface area contributed by atoms with Gasteiger partial charge in [-0.05, 0) is 37.1 Å². The number of benzene rings is 1. The largest absolute Gasteiger partial charge is 0.492 e. The van der Waals surface area contributed by atoms with Gasteiger partial charge in [0.25, 0.3) is 0 Å². The summed E-state index contributed by atoms with van der Waals surface area (Å²) in [6, 6.07) is 3.05. The number of ether oxygens (including phenoxy) is 1. The molecule has 0 saturated carbocycles. The molecule has 1 aliphatic rings. The van der Waals surface area contributed by atoms with E-state index in [1.54, 1.807) is 6.07 Å². The number of halogens is 2. The van der Waals surface area contributed by atoms with Crippen molar-refractivity contribution in [3.05, 3.63) is 28.5 Å². The average Bonchev–Trinajstić information content (AvgIpc) is 2.38. The predicted molar refractivity (Wildman–Crippen MR) is 74.5 cm³/mol. The number of rotatable bonds is 4. The van der Waals surface area contributed by atoms with Crippen LogP contribution in [0.5, 0.6) is 5.75 Å². The van der Waals surface area contributed by atoms with Crippen molar-refractivity contribution in [1.29, 1.82) is 0 Å². The predicted octanol–water partition coefficient (Wildman–Crippen LogP) is 1.81. The highest BCUT2D eigenvalue weighted by Crippen LogP contribution is 2.30. The molecule has 1 aliphatic heterocycles. The Bertz CT molecular complexity index is 462. The Balaban J connectivity index is 2.10. The van der Waals surface area contributed by atoms with Gasteiger partial charge in [-0.3, -0.25) is 4.90 Å². The van der Waals surface area contributed by atoms with Crippen LogP contribution in [0.2, 0.25) is 5.02 Å². The van der Waals surface area contributed by atoms with Crippen LogP contribution in [-0.2, 0) is 6.54 Å². The third kappa shape index (κ3) is 3.41. The standard InChI is InChI=1S/C14H19ClFNO3/c1-20-13-11(15)5-10(6-12(13)16)7-17-4-2-3-14(19,8-17)9-18/h5-6,18-19H,2-4,7-9H2,1H3/t14-/m1/s1. The summed E-state index contributed by atoms with van der Waals surface area (Å²) in [4.78, 5) is 1.98. The minimum Gasteiger partial charge on any atom is -0.492 e. The fraction of sp³-hybridized carbons (Fsp3) is 0.571. The summed E-state index contributed by atoms with van der Waals surface area (Å²) in [6.07, 6.45) is 1.38. The van der Waals surface area contributed by atoms with Crippen molar-refractivity contribution >= 4 is 11.6 Å². The summed E-state index contributed by atoms with van der Waals surface area (Å²) >= 11 is 5.96. The normalized spacial score (nSPS) is 23.9. The zero-order chi connectivity index (χ0) is 14.8. The van der Waals surface area contributed by atoms with E-state index in [0.29, 0.717) is 19.5 Å². The van der Waals surface area contributed by atoms with Crippen LogP contribution in [0.1, 0.15) is 18.4 Å². The monoisotopic (exact) mass is 303 g/mol. The number of piperidine rings is 1. The van der Waals surface area contributed by atoms with E-state index in [0.717, 1.165) is 18.5 Å². The molecule has 1 saturated heterocycles. The average molecular weight is 304 g/mol. The van der Waals surface area contributed by atoms with E-state index in [-0.39, 0.29) is 17.4 Å². The molecule has 0 amide bonds. The van der Waals surface area contributed by atoms with Gasteiger partial charge in [-0.15, -0.1) is 0 Å². The lowest BCUT2D eigenvalue weighted by atomic mass is 9.93. The molecule has 2 N–H and O–H groups in total.